The molecule has 2 atom stereocenters. The third-order valence-electron chi connectivity index (χ3n) is 2.50. The van der Waals surface area contributed by atoms with Crippen molar-refractivity contribution in [1.82, 2.24) is 5.43 Å². The van der Waals surface area contributed by atoms with Gasteiger partial charge < -0.3 is 9.47 Å². The quantitative estimate of drug-likeness (QED) is 0.342. The Hall–Kier alpha value is -0.300. The van der Waals surface area contributed by atoms with E-state index in [1.807, 2.05) is 6.92 Å². The van der Waals surface area contributed by atoms with E-state index >= 15 is 0 Å². The molecule has 0 aromatic heterocycles. The van der Waals surface area contributed by atoms with Crippen LogP contribution in [-0.2, 0) is 9.47 Å². The zero-order chi connectivity index (χ0) is 12.4. The molecule has 0 heterocycles. The lowest BCUT2D eigenvalue weighted by Gasteiger charge is -2.22. The number of nitrogens with two attached hydrogens (primary N) is 1. The monoisotopic (exact) mass is 240 g/mol. The fourth-order valence-electron chi connectivity index (χ4n) is 1.42. The summed E-state index contributed by atoms with van der Waals surface area (Å²) in [6.07, 6.45) is -0.913. The first-order valence-electron chi connectivity index (χ1n) is 5.42. The lowest BCUT2D eigenvalue weighted by atomic mass is 9.97. The number of hydrazine groups is 1. The topological polar surface area (TPSA) is 56.5 Å². The molecular formula is C10H22F2N2O2. The standard InChI is InChI=1S/C10H22F2N2O2/c1-8(3-5-15-2)9(14-13)4-6-16-7-10(11)12/h8-10,14H,3-7,13H2,1-2H3. The van der Waals surface area contributed by atoms with Crippen molar-refractivity contribution in [2.24, 2.45) is 11.8 Å². The molecule has 0 saturated carbocycles. The summed E-state index contributed by atoms with van der Waals surface area (Å²) >= 11 is 0. The Labute approximate surface area is 95.4 Å². The van der Waals surface area contributed by atoms with E-state index in [1.54, 1.807) is 7.11 Å². The molecule has 0 aromatic carbocycles. The number of hydrogen-bond donors (Lipinski definition) is 2. The van der Waals surface area contributed by atoms with Gasteiger partial charge in [0.15, 0.2) is 0 Å². The number of ether oxygens (including phenoxy) is 2. The minimum Gasteiger partial charge on any atom is -0.385 e. The van der Waals surface area contributed by atoms with Crippen LogP contribution in [-0.4, -0.2) is 39.4 Å². The predicted octanol–water partition coefficient (Wildman–Crippen LogP) is 1.16. The SMILES string of the molecule is COCCC(C)C(CCOCC(F)F)NN. The van der Waals surface area contributed by atoms with Crippen molar-refractivity contribution in [2.75, 3.05) is 26.9 Å². The number of alkyl halides is 2. The van der Waals surface area contributed by atoms with Crippen molar-refractivity contribution >= 4 is 0 Å². The molecule has 0 spiro atoms. The highest BCUT2D eigenvalue weighted by molar-refractivity contribution is 4.70. The molecule has 2 unspecified atom stereocenters. The van der Waals surface area contributed by atoms with E-state index in [0.29, 0.717) is 18.9 Å². The molecule has 0 amide bonds. The average molecular weight is 240 g/mol. The first-order valence-corrected chi connectivity index (χ1v) is 5.42. The van der Waals surface area contributed by atoms with Crippen LogP contribution in [0, 0.1) is 5.92 Å². The summed E-state index contributed by atoms with van der Waals surface area (Å²) in [4.78, 5) is 0. The molecule has 0 fully saturated rings. The molecule has 4 nitrogen and oxygen atoms in total. The van der Waals surface area contributed by atoms with Crippen molar-refractivity contribution in [3.63, 3.8) is 0 Å². The van der Waals surface area contributed by atoms with Crippen molar-refractivity contribution in [3.8, 4) is 0 Å². The zero-order valence-corrected chi connectivity index (χ0v) is 9.92. The summed E-state index contributed by atoms with van der Waals surface area (Å²) in [6.45, 7) is 2.48. The molecule has 0 aromatic rings. The van der Waals surface area contributed by atoms with E-state index in [2.05, 4.69) is 5.43 Å². The molecule has 3 N–H and O–H groups in total. The Morgan fingerprint density at radius 1 is 1.25 bits per heavy atom. The Kier molecular flexibility index (Phi) is 9.71. The van der Waals surface area contributed by atoms with Gasteiger partial charge in [-0.1, -0.05) is 6.92 Å². The molecule has 6 heteroatoms. The zero-order valence-electron chi connectivity index (χ0n) is 9.92. The normalized spacial score (nSPS) is 15.4. The summed E-state index contributed by atoms with van der Waals surface area (Å²) < 4.78 is 33.3. The van der Waals surface area contributed by atoms with Gasteiger partial charge in [0.25, 0.3) is 6.43 Å². The van der Waals surface area contributed by atoms with Crippen molar-refractivity contribution in [2.45, 2.75) is 32.2 Å². The van der Waals surface area contributed by atoms with E-state index in [0.717, 1.165) is 6.42 Å². The summed E-state index contributed by atoms with van der Waals surface area (Å²) in [5.41, 5.74) is 2.68. The predicted molar refractivity (Wildman–Crippen MR) is 58.2 cm³/mol. The fraction of sp³-hybridized carbons (Fsp3) is 1.00. The van der Waals surface area contributed by atoms with E-state index < -0.39 is 13.0 Å². The van der Waals surface area contributed by atoms with Crippen LogP contribution in [0.15, 0.2) is 0 Å². The van der Waals surface area contributed by atoms with E-state index in [1.165, 1.54) is 0 Å². The number of nitrogens with one attached hydrogen (secondary N) is 1. The molecule has 0 aliphatic heterocycles. The van der Waals surface area contributed by atoms with Gasteiger partial charge >= 0.3 is 0 Å². The molecular weight excluding hydrogens is 218 g/mol. The smallest absolute Gasteiger partial charge is 0.261 e. The summed E-state index contributed by atoms with van der Waals surface area (Å²) in [5, 5.41) is 0. The van der Waals surface area contributed by atoms with E-state index in [9.17, 15) is 8.78 Å². The van der Waals surface area contributed by atoms with Crippen LogP contribution < -0.4 is 11.3 Å². The first-order chi connectivity index (χ1) is 7.61. The third-order valence-corrected chi connectivity index (χ3v) is 2.50. The van der Waals surface area contributed by atoms with Crippen LogP contribution in [0.5, 0.6) is 0 Å². The number of rotatable bonds is 10. The Morgan fingerprint density at radius 2 is 1.94 bits per heavy atom. The van der Waals surface area contributed by atoms with Gasteiger partial charge in [-0.2, -0.15) is 0 Å². The molecule has 0 aliphatic carbocycles. The van der Waals surface area contributed by atoms with Crippen LogP contribution in [0.1, 0.15) is 19.8 Å². The van der Waals surface area contributed by atoms with Crippen molar-refractivity contribution < 1.29 is 18.3 Å². The van der Waals surface area contributed by atoms with E-state index in [-0.39, 0.29) is 12.6 Å². The van der Waals surface area contributed by atoms with Gasteiger partial charge in [0, 0.05) is 26.4 Å². The summed E-state index contributed by atoms with van der Waals surface area (Å²) in [6, 6.07) is 0.0628. The number of hydrogen-bond acceptors (Lipinski definition) is 4. The highest BCUT2D eigenvalue weighted by Crippen LogP contribution is 2.11. The van der Waals surface area contributed by atoms with Crippen LogP contribution >= 0.6 is 0 Å². The van der Waals surface area contributed by atoms with Crippen molar-refractivity contribution in [3.05, 3.63) is 0 Å². The highest BCUT2D eigenvalue weighted by atomic mass is 19.3. The largest absolute Gasteiger partial charge is 0.385 e. The van der Waals surface area contributed by atoms with Crippen LogP contribution in [0.3, 0.4) is 0 Å². The molecule has 0 aliphatic rings. The lowest BCUT2D eigenvalue weighted by Crippen LogP contribution is -2.41. The van der Waals surface area contributed by atoms with Crippen LogP contribution in [0.2, 0.25) is 0 Å². The summed E-state index contributed by atoms with van der Waals surface area (Å²) in [7, 11) is 1.64. The fourth-order valence-corrected chi connectivity index (χ4v) is 1.42. The third kappa shape index (κ3) is 7.92. The van der Waals surface area contributed by atoms with Crippen LogP contribution in [0.25, 0.3) is 0 Å². The second-order valence-corrected chi connectivity index (χ2v) is 3.79. The second-order valence-electron chi connectivity index (χ2n) is 3.79. The van der Waals surface area contributed by atoms with Gasteiger partial charge in [-0.3, -0.25) is 11.3 Å². The first kappa shape index (κ1) is 15.7. The Bertz CT molecular complexity index is 162. The van der Waals surface area contributed by atoms with Gasteiger partial charge in [-0.05, 0) is 18.8 Å². The summed E-state index contributed by atoms with van der Waals surface area (Å²) in [5.74, 6) is 5.71. The van der Waals surface area contributed by atoms with Gasteiger partial charge in [-0.25, -0.2) is 8.78 Å². The van der Waals surface area contributed by atoms with Gasteiger partial charge in [0.1, 0.15) is 6.61 Å². The maximum Gasteiger partial charge on any atom is 0.261 e. The number of methoxy groups -OCH3 is 1. The molecule has 98 valence electrons. The average Bonchev–Trinajstić information content (AvgIpc) is 2.25. The minimum absolute atomic E-state index is 0.0628. The molecule has 0 rings (SSSR count). The van der Waals surface area contributed by atoms with Crippen LogP contribution in [0.4, 0.5) is 8.78 Å². The van der Waals surface area contributed by atoms with Crippen molar-refractivity contribution in [1.29, 1.82) is 0 Å². The molecule has 16 heavy (non-hydrogen) atoms. The lowest BCUT2D eigenvalue weighted by molar-refractivity contribution is 0.0125. The maximum absolute atomic E-state index is 11.8. The Morgan fingerprint density at radius 3 is 2.44 bits per heavy atom. The van der Waals surface area contributed by atoms with Gasteiger partial charge in [-0.15, -0.1) is 0 Å². The van der Waals surface area contributed by atoms with Gasteiger partial charge in [0.05, 0.1) is 0 Å². The van der Waals surface area contributed by atoms with Gasteiger partial charge in [0.2, 0.25) is 0 Å². The van der Waals surface area contributed by atoms with E-state index in [4.69, 9.17) is 15.3 Å². The highest BCUT2D eigenvalue weighted by Gasteiger charge is 2.15. The molecule has 0 radical (unpaired) electrons. The maximum atomic E-state index is 11.8. The molecule has 0 bridgehead atoms. The minimum atomic E-state index is -2.41. The number of halogens is 2. The Balaban J connectivity index is 3.64. The molecule has 0 saturated heterocycles. The second kappa shape index (κ2) is 9.89.